The fourth-order valence-electron chi connectivity index (χ4n) is 4.04. The molecule has 3 aromatic rings. The molecule has 0 radical (unpaired) electrons. The Balaban J connectivity index is 1.47. The van der Waals surface area contributed by atoms with Gasteiger partial charge in [-0.05, 0) is 30.3 Å². The molecule has 3 heterocycles. The van der Waals surface area contributed by atoms with E-state index in [0.29, 0.717) is 16.8 Å². The monoisotopic (exact) mass is 398 g/mol. The van der Waals surface area contributed by atoms with Crippen molar-refractivity contribution in [2.75, 3.05) is 11.4 Å². The molecule has 0 saturated heterocycles. The third kappa shape index (κ3) is 2.83. The van der Waals surface area contributed by atoms with Gasteiger partial charge in [-0.15, -0.1) is 0 Å². The molecule has 0 unspecified atom stereocenters. The number of amides is 3. The summed E-state index contributed by atoms with van der Waals surface area (Å²) in [6, 6.07) is 19.7. The smallest absolute Gasteiger partial charge is 0.260 e. The summed E-state index contributed by atoms with van der Waals surface area (Å²) in [6.07, 6.45) is 1.02. The highest BCUT2D eigenvalue weighted by Gasteiger charge is 2.47. The minimum Gasteiger partial charge on any atom is -0.349 e. The van der Waals surface area contributed by atoms with Gasteiger partial charge in [0.05, 0.1) is 23.5 Å². The molecular weight excluding hydrogens is 380 g/mol. The van der Waals surface area contributed by atoms with Crippen molar-refractivity contribution in [3.05, 3.63) is 95.3 Å². The first-order valence-corrected chi connectivity index (χ1v) is 9.64. The zero-order valence-electron chi connectivity index (χ0n) is 16.0. The Morgan fingerprint density at radius 3 is 2.43 bits per heavy atom. The van der Waals surface area contributed by atoms with Crippen LogP contribution < -0.4 is 10.2 Å². The summed E-state index contributed by atoms with van der Waals surface area (Å²) in [6.45, 7) is 0.102. The predicted octanol–water partition coefficient (Wildman–Crippen LogP) is 2.51. The van der Waals surface area contributed by atoms with E-state index in [-0.39, 0.29) is 30.8 Å². The number of rotatable bonds is 4. The molecule has 5 rings (SSSR count). The van der Waals surface area contributed by atoms with Crippen LogP contribution in [0.1, 0.15) is 38.1 Å². The Morgan fingerprint density at radius 2 is 1.63 bits per heavy atom. The van der Waals surface area contributed by atoms with Crippen LogP contribution in [0.15, 0.2) is 72.9 Å². The molecule has 0 bridgehead atoms. The van der Waals surface area contributed by atoms with Crippen molar-refractivity contribution in [2.24, 2.45) is 0 Å². The van der Waals surface area contributed by atoms with Crippen molar-refractivity contribution in [3.8, 4) is 0 Å². The van der Waals surface area contributed by atoms with Gasteiger partial charge >= 0.3 is 0 Å². The third-order valence-corrected chi connectivity index (χ3v) is 5.39. The summed E-state index contributed by atoms with van der Waals surface area (Å²) in [5.74, 6) is -0.760. The molecule has 0 saturated carbocycles. The summed E-state index contributed by atoms with van der Waals surface area (Å²) in [7, 11) is 0. The van der Waals surface area contributed by atoms with Crippen LogP contribution in [0, 0.1) is 0 Å². The summed E-state index contributed by atoms with van der Waals surface area (Å²) in [5.41, 5.74) is 2.98. The molecule has 0 spiro atoms. The SMILES string of the molecule is O=C(CN1C(=O)c2ccccc2N2C(=O)c3ccccc3[C@@H]12)NCc1ccccn1. The van der Waals surface area contributed by atoms with Crippen molar-refractivity contribution in [1.29, 1.82) is 0 Å². The largest absolute Gasteiger partial charge is 0.349 e. The Morgan fingerprint density at radius 1 is 0.900 bits per heavy atom. The molecule has 3 amide bonds. The molecule has 2 aliphatic rings. The zero-order valence-corrected chi connectivity index (χ0v) is 16.0. The normalized spacial score (nSPS) is 16.7. The number of carbonyl (C=O) groups excluding carboxylic acids is 3. The van der Waals surface area contributed by atoms with Gasteiger partial charge in [0.1, 0.15) is 12.7 Å². The van der Waals surface area contributed by atoms with E-state index in [0.717, 1.165) is 11.3 Å². The van der Waals surface area contributed by atoms with Crippen LogP contribution in [-0.4, -0.2) is 34.2 Å². The molecule has 1 atom stereocenters. The minimum atomic E-state index is -0.642. The molecule has 2 aliphatic heterocycles. The lowest BCUT2D eigenvalue weighted by atomic mass is 10.0. The van der Waals surface area contributed by atoms with Gasteiger partial charge in [-0.3, -0.25) is 24.3 Å². The number of carbonyl (C=O) groups is 3. The van der Waals surface area contributed by atoms with E-state index in [1.165, 1.54) is 4.90 Å². The summed E-state index contributed by atoms with van der Waals surface area (Å²) < 4.78 is 0. The number of nitrogens with zero attached hydrogens (tertiary/aromatic N) is 3. The van der Waals surface area contributed by atoms with Gasteiger partial charge in [0, 0.05) is 17.3 Å². The first kappa shape index (κ1) is 18.1. The number of para-hydroxylation sites is 1. The molecule has 1 aromatic heterocycles. The van der Waals surface area contributed by atoms with E-state index in [4.69, 9.17) is 0 Å². The molecule has 0 aliphatic carbocycles. The lowest BCUT2D eigenvalue weighted by molar-refractivity contribution is -0.122. The van der Waals surface area contributed by atoms with Gasteiger partial charge < -0.3 is 10.2 Å². The highest BCUT2D eigenvalue weighted by molar-refractivity contribution is 6.17. The molecule has 148 valence electrons. The molecule has 2 aromatic carbocycles. The number of aromatic nitrogens is 1. The Hall–Kier alpha value is -4.00. The van der Waals surface area contributed by atoms with Crippen LogP contribution in [-0.2, 0) is 11.3 Å². The second kappa shape index (κ2) is 7.11. The molecule has 7 nitrogen and oxygen atoms in total. The second-order valence-corrected chi connectivity index (χ2v) is 7.18. The third-order valence-electron chi connectivity index (χ3n) is 5.39. The van der Waals surface area contributed by atoms with Crippen molar-refractivity contribution >= 4 is 23.4 Å². The number of fused-ring (bicyclic) bond motifs is 5. The Bertz CT molecular complexity index is 1160. The van der Waals surface area contributed by atoms with Crippen LogP contribution in [0.5, 0.6) is 0 Å². The quantitative estimate of drug-likeness (QED) is 0.732. The zero-order chi connectivity index (χ0) is 20.7. The molecule has 7 heteroatoms. The summed E-state index contributed by atoms with van der Waals surface area (Å²) in [5, 5.41) is 2.81. The van der Waals surface area contributed by atoms with Crippen molar-refractivity contribution in [3.63, 3.8) is 0 Å². The van der Waals surface area contributed by atoms with E-state index in [1.54, 1.807) is 53.6 Å². The fourth-order valence-corrected chi connectivity index (χ4v) is 4.04. The van der Waals surface area contributed by atoms with Crippen LogP contribution in [0.25, 0.3) is 0 Å². The fraction of sp³-hybridized carbons (Fsp3) is 0.130. The average molecular weight is 398 g/mol. The van der Waals surface area contributed by atoms with Crippen molar-refractivity contribution in [1.82, 2.24) is 15.2 Å². The van der Waals surface area contributed by atoms with Crippen LogP contribution in [0.4, 0.5) is 5.69 Å². The highest BCUT2D eigenvalue weighted by atomic mass is 16.2. The number of hydrogen-bond donors (Lipinski definition) is 1. The molecule has 1 N–H and O–H groups in total. The van der Waals surface area contributed by atoms with Crippen LogP contribution >= 0.6 is 0 Å². The maximum atomic E-state index is 13.3. The van der Waals surface area contributed by atoms with Gasteiger partial charge in [0.25, 0.3) is 11.8 Å². The van der Waals surface area contributed by atoms with E-state index in [1.807, 2.05) is 24.3 Å². The van der Waals surface area contributed by atoms with Crippen molar-refractivity contribution < 1.29 is 14.4 Å². The summed E-state index contributed by atoms with van der Waals surface area (Å²) >= 11 is 0. The Labute approximate surface area is 172 Å². The van der Waals surface area contributed by atoms with Gasteiger partial charge in [-0.1, -0.05) is 36.4 Å². The lowest BCUT2D eigenvalue weighted by Crippen LogP contribution is -2.51. The first-order chi connectivity index (χ1) is 14.6. The maximum absolute atomic E-state index is 13.3. The molecule has 30 heavy (non-hydrogen) atoms. The number of hydrogen-bond acceptors (Lipinski definition) is 4. The molecule has 0 fully saturated rings. The standard InChI is InChI=1S/C23H18N4O3/c28-20(25-13-15-7-5-6-12-24-15)14-26-21-16-8-1-2-9-17(16)23(30)27(21)19-11-4-3-10-18(19)22(26)29/h1-12,21H,13-14H2,(H,25,28)/t21-/m0/s1. The van der Waals surface area contributed by atoms with E-state index < -0.39 is 6.17 Å². The number of anilines is 1. The minimum absolute atomic E-state index is 0.164. The van der Waals surface area contributed by atoms with Crippen molar-refractivity contribution in [2.45, 2.75) is 12.7 Å². The molecular formula is C23H18N4O3. The highest BCUT2D eigenvalue weighted by Crippen LogP contribution is 2.44. The van der Waals surface area contributed by atoms with Gasteiger partial charge in [-0.25, -0.2) is 0 Å². The van der Waals surface area contributed by atoms with E-state index in [9.17, 15) is 14.4 Å². The first-order valence-electron chi connectivity index (χ1n) is 9.64. The van der Waals surface area contributed by atoms with Crippen LogP contribution in [0.2, 0.25) is 0 Å². The Kier molecular flexibility index (Phi) is 4.28. The second-order valence-electron chi connectivity index (χ2n) is 7.18. The van der Waals surface area contributed by atoms with E-state index in [2.05, 4.69) is 10.3 Å². The van der Waals surface area contributed by atoms with Crippen LogP contribution in [0.3, 0.4) is 0 Å². The van der Waals surface area contributed by atoms with E-state index >= 15 is 0 Å². The number of nitrogens with one attached hydrogen (secondary N) is 1. The number of pyridine rings is 1. The lowest BCUT2D eigenvalue weighted by Gasteiger charge is -2.40. The maximum Gasteiger partial charge on any atom is 0.260 e. The summed E-state index contributed by atoms with van der Waals surface area (Å²) in [4.78, 5) is 46.3. The topological polar surface area (TPSA) is 82.6 Å². The predicted molar refractivity (Wildman–Crippen MR) is 110 cm³/mol. The van der Waals surface area contributed by atoms with Gasteiger partial charge in [-0.2, -0.15) is 0 Å². The number of benzene rings is 2. The average Bonchev–Trinajstić information content (AvgIpc) is 3.09. The van der Waals surface area contributed by atoms with Gasteiger partial charge in [0.15, 0.2) is 0 Å². The van der Waals surface area contributed by atoms with Gasteiger partial charge in [0.2, 0.25) is 5.91 Å².